The Labute approximate surface area is 101 Å². The monoisotopic (exact) mass is 235 g/mol. The lowest BCUT2D eigenvalue weighted by atomic mass is 9.97. The number of cyclic esters (lactones) is 1. The van der Waals surface area contributed by atoms with Crippen LogP contribution in [-0.4, -0.2) is 30.0 Å². The van der Waals surface area contributed by atoms with Gasteiger partial charge in [0.05, 0.1) is 11.2 Å². The van der Waals surface area contributed by atoms with Crippen LogP contribution in [0.5, 0.6) is 0 Å². The van der Waals surface area contributed by atoms with Crippen LogP contribution < -0.4 is 4.90 Å². The smallest absolute Gasteiger partial charge is 0.415 e. The van der Waals surface area contributed by atoms with Gasteiger partial charge in [0.25, 0.3) is 0 Å². The summed E-state index contributed by atoms with van der Waals surface area (Å²) in [6.45, 7) is 4.25. The molecule has 1 amide bonds. The molecule has 1 unspecified atom stereocenters. The van der Waals surface area contributed by atoms with E-state index in [4.69, 9.17) is 9.84 Å². The van der Waals surface area contributed by atoms with E-state index in [0.717, 1.165) is 11.3 Å². The fraction of sp³-hybridized carbons (Fsp3) is 0.462. The number of ether oxygens (including phenoxy) is 1. The van der Waals surface area contributed by atoms with E-state index < -0.39 is 5.54 Å². The Morgan fingerprint density at radius 1 is 1.47 bits per heavy atom. The van der Waals surface area contributed by atoms with Gasteiger partial charge in [-0.2, -0.15) is 0 Å². The molecule has 1 heterocycles. The van der Waals surface area contributed by atoms with Crippen LogP contribution in [0.1, 0.15) is 18.9 Å². The van der Waals surface area contributed by atoms with Gasteiger partial charge in [-0.3, -0.25) is 4.90 Å². The molecule has 4 nitrogen and oxygen atoms in total. The maximum Gasteiger partial charge on any atom is 0.415 e. The van der Waals surface area contributed by atoms with E-state index in [1.807, 2.05) is 38.1 Å². The number of para-hydroxylation sites is 1. The number of aliphatic hydroxyl groups excluding tert-OH is 1. The quantitative estimate of drug-likeness (QED) is 0.872. The highest BCUT2D eigenvalue weighted by Crippen LogP contribution is 2.34. The second-order valence-electron chi connectivity index (χ2n) is 4.65. The van der Waals surface area contributed by atoms with Crippen molar-refractivity contribution in [1.82, 2.24) is 0 Å². The zero-order valence-corrected chi connectivity index (χ0v) is 10.1. The molecule has 1 aromatic rings. The molecule has 4 heteroatoms. The van der Waals surface area contributed by atoms with Crippen LogP contribution in [-0.2, 0) is 4.74 Å². The largest absolute Gasteiger partial charge is 0.447 e. The number of anilines is 1. The third-order valence-corrected chi connectivity index (χ3v) is 3.24. The van der Waals surface area contributed by atoms with E-state index in [1.54, 1.807) is 4.90 Å². The molecule has 0 radical (unpaired) electrons. The molecule has 1 atom stereocenters. The standard InChI is InChI=1S/C13H17NO3/c1-10-5-3-4-6-11(10)14-12(16)17-9-13(14,2)7-8-15/h3-6,15H,7-9H2,1-2H3. The first-order valence-corrected chi connectivity index (χ1v) is 5.72. The number of hydrogen-bond acceptors (Lipinski definition) is 3. The van der Waals surface area contributed by atoms with E-state index >= 15 is 0 Å². The summed E-state index contributed by atoms with van der Waals surface area (Å²) in [5.74, 6) is 0. The molecule has 0 aromatic heterocycles. The van der Waals surface area contributed by atoms with Gasteiger partial charge in [0.1, 0.15) is 6.61 Å². The number of hydrogen-bond donors (Lipinski definition) is 1. The lowest BCUT2D eigenvalue weighted by Gasteiger charge is -2.32. The number of benzene rings is 1. The molecule has 1 N–H and O–H groups in total. The number of carbonyl (C=O) groups is 1. The van der Waals surface area contributed by atoms with Crippen LogP contribution in [0.25, 0.3) is 0 Å². The predicted octanol–water partition coefficient (Wildman–Crippen LogP) is 2.09. The Kier molecular flexibility index (Phi) is 3.07. The van der Waals surface area contributed by atoms with Crippen molar-refractivity contribution < 1.29 is 14.6 Å². The van der Waals surface area contributed by atoms with Crippen molar-refractivity contribution >= 4 is 11.8 Å². The van der Waals surface area contributed by atoms with E-state index in [9.17, 15) is 4.79 Å². The van der Waals surface area contributed by atoms with Crippen LogP contribution in [0.3, 0.4) is 0 Å². The van der Waals surface area contributed by atoms with Crippen LogP contribution in [0.15, 0.2) is 24.3 Å². The second kappa shape index (κ2) is 4.37. The zero-order chi connectivity index (χ0) is 12.5. The SMILES string of the molecule is Cc1ccccc1N1C(=O)OCC1(C)CCO. The van der Waals surface area contributed by atoms with Gasteiger partial charge >= 0.3 is 6.09 Å². The average Bonchev–Trinajstić information content (AvgIpc) is 2.57. The van der Waals surface area contributed by atoms with Crippen LogP contribution in [0.4, 0.5) is 10.5 Å². The number of amides is 1. The minimum absolute atomic E-state index is 0.0372. The molecule has 1 saturated heterocycles. The third-order valence-electron chi connectivity index (χ3n) is 3.24. The fourth-order valence-corrected chi connectivity index (χ4v) is 2.19. The van der Waals surface area contributed by atoms with Crippen molar-refractivity contribution in [1.29, 1.82) is 0 Å². The molecule has 0 spiro atoms. The average molecular weight is 235 g/mol. The van der Waals surface area contributed by atoms with E-state index in [1.165, 1.54) is 0 Å². The van der Waals surface area contributed by atoms with Crippen LogP contribution in [0.2, 0.25) is 0 Å². The minimum atomic E-state index is -0.460. The van der Waals surface area contributed by atoms with Crippen molar-refractivity contribution in [2.24, 2.45) is 0 Å². The summed E-state index contributed by atoms with van der Waals surface area (Å²) < 4.78 is 5.12. The minimum Gasteiger partial charge on any atom is -0.447 e. The maximum atomic E-state index is 11.8. The van der Waals surface area contributed by atoms with Crippen LogP contribution in [0, 0.1) is 6.92 Å². The van der Waals surface area contributed by atoms with E-state index in [-0.39, 0.29) is 12.7 Å². The normalized spacial score (nSPS) is 23.9. The summed E-state index contributed by atoms with van der Waals surface area (Å²) in [5, 5.41) is 9.12. The Morgan fingerprint density at radius 3 is 2.82 bits per heavy atom. The first-order valence-electron chi connectivity index (χ1n) is 5.72. The van der Waals surface area contributed by atoms with Crippen LogP contribution >= 0.6 is 0 Å². The Hall–Kier alpha value is -1.55. The predicted molar refractivity (Wildman–Crippen MR) is 65.1 cm³/mol. The lowest BCUT2D eigenvalue weighted by molar-refractivity contribution is 0.167. The van der Waals surface area contributed by atoms with Gasteiger partial charge in [-0.15, -0.1) is 0 Å². The topological polar surface area (TPSA) is 49.8 Å². The zero-order valence-electron chi connectivity index (χ0n) is 10.1. The number of aryl methyl sites for hydroxylation is 1. The number of carbonyl (C=O) groups excluding carboxylic acids is 1. The molecule has 0 bridgehead atoms. The van der Waals surface area contributed by atoms with Crippen molar-refractivity contribution in [2.45, 2.75) is 25.8 Å². The number of rotatable bonds is 3. The summed E-state index contributed by atoms with van der Waals surface area (Å²) in [4.78, 5) is 13.5. The summed E-state index contributed by atoms with van der Waals surface area (Å²) in [7, 11) is 0. The van der Waals surface area contributed by atoms with Gasteiger partial charge in [0, 0.05) is 6.61 Å². The van der Waals surface area contributed by atoms with E-state index in [0.29, 0.717) is 13.0 Å². The lowest BCUT2D eigenvalue weighted by Crippen LogP contribution is -2.45. The first-order chi connectivity index (χ1) is 8.08. The third kappa shape index (κ3) is 2.00. The highest BCUT2D eigenvalue weighted by molar-refractivity contribution is 5.92. The Bertz CT molecular complexity index is 432. The molecule has 1 aromatic carbocycles. The molecule has 0 saturated carbocycles. The Morgan fingerprint density at radius 2 is 2.18 bits per heavy atom. The Balaban J connectivity index is 2.41. The van der Waals surface area contributed by atoms with Gasteiger partial charge in [-0.25, -0.2) is 4.79 Å². The van der Waals surface area contributed by atoms with Gasteiger partial charge in [0.15, 0.2) is 0 Å². The van der Waals surface area contributed by atoms with Crippen molar-refractivity contribution in [3.63, 3.8) is 0 Å². The molecule has 92 valence electrons. The molecule has 1 aliphatic rings. The number of aliphatic hydroxyl groups is 1. The first kappa shape index (κ1) is 11.9. The molecular formula is C13H17NO3. The van der Waals surface area contributed by atoms with Gasteiger partial charge in [-0.05, 0) is 31.9 Å². The summed E-state index contributed by atoms with van der Waals surface area (Å²) in [6, 6.07) is 7.69. The van der Waals surface area contributed by atoms with Crippen molar-refractivity contribution in [3.05, 3.63) is 29.8 Å². The fourth-order valence-electron chi connectivity index (χ4n) is 2.19. The summed E-state index contributed by atoms with van der Waals surface area (Å²) in [5.41, 5.74) is 1.42. The highest BCUT2D eigenvalue weighted by atomic mass is 16.6. The molecule has 17 heavy (non-hydrogen) atoms. The summed E-state index contributed by atoms with van der Waals surface area (Å²) >= 11 is 0. The molecule has 1 aliphatic heterocycles. The van der Waals surface area contributed by atoms with E-state index in [2.05, 4.69) is 0 Å². The molecular weight excluding hydrogens is 218 g/mol. The van der Waals surface area contributed by atoms with Crippen molar-refractivity contribution in [3.8, 4) is 0 Å². The van der Waals surface area contributed by atoms with Gasteiger partial charge in [0.2, 0.25) is 0 Å². The summed E-state index contributed by atoms with van der Waals surface area (Å²) in [6.07, 6.45) is 0.169. The molecule has 0 aliphatic carbocycles. The second-order valence-corrected chi connectivity index (χ2v) is 4.65. The molecule has 1 fully saturated rings. The van der Waals surface area contributed by atoms with Crippen molar-refractivity contribution in [2.75, 3.05) is 18.1 Å². The molecule has 2 rings (SSSR count). The van der Waals surface area contributed by atoms with Gasteiger partial charge in [-0.1, -0.05) is 18.2 Å². The van der Waals surface area contributed by atoms with Gasteiger partial charge < -0.3 is 9.84 Å². The highest BCUT2D eigenvalue weighted by Gasteiger charge is 2.44. The maximum absolute atomic E-state index is 11.8. The number of nitrogens with zero attached hydrogens (tertiary/aromatic N) is 1.